The molecule has 1 aliphatic heterocycles. The lowest BCUT2D eigenvalue weighted by Gasteiger charge is -2.32. The van der Waals surface area contributed by atoms with Gasteiger partial charge in [-0.2, -0.15) is 0 Å². The van der Waals surface area contributed by atoms with Gasteiger partial charge in [0, 0.05) is 24.0 Å². The molecular weight excluding hydrogens is 220 g/mol. The average Bonchev–Trinajstić information content (AvgIpc) is 2.71. The van der Waals surface area contributed by atoms with E-state index >= 15 is 0 Å². The zero-order chi connectivity index (χ0) is 11.5. The lowest BCUT2D eigenvalue weighted by atomic mass is 10.0. The fourth-order valence-electron chi connectivity index (χ4n) is 2.21. The molecule has 3 nitrogen and oxygen atoms in total. The van der Waals surface area contributed by atoms with Crippen molar-refractivity contribution in [2.75, 3.05) is 19.6 Å². The van der Waals surface area contributed by atoms with Gasteiger partial charge < -0.3 is 5.32 Å². The van der Waals surface area contributed by atoms with Crippen LogP contribution in [0.3, 0.4) is 0 Å². The van der Waals surface area contributed by atoms with Gasteiger partial charge in [0.05, 0.1) is 6.54 Å². The van der Waals surface area contributed by atoms with Crippen molar-refractivity contribution in [1.82, 2.24) is 10.2 Å². The molecule has 0 aromatic carbocycles. The van der Waals surface area contributed by atoms with Gasteiger partial charge in [-0.1, -0.05) is 0 Å². The number of likely N-dealkylation sites (N-methyl/N-ethyl adjacent to an activating group) is 1. The molecule has 1 aliphatic rings. The minimum Gasteiger partial charge on any atom is -0.355 e. The fraction of sp³-hybridized carbons (Fsp3) is 0.583. The highest BCUT2D eigenvalue weighted by molar-refractivity contribution is 7.10. The van der Waals surface area contributed by atoms with E-state index in [1.807, 2.05) is 18.3 Å². The summed E-state index contributed by atoms with van der Waals surface area (Å²) in [6, 6.07) is 2.56. The Hall–Kier alpha value is -0.870. The first kappa shape index (κ1) is 11.6. The molecule has 1 amide bonds. The Morgan fingerprint density at radius 2 is 2.50 bits per heavy atom. The Kier molecular flexibility index (Phi) is 3.61. The summed E-state index contributed by atoms with van der Waals surface area (Å²) < 4.78 is 0. The number of rotatable bonds is 3. The first-order valence-electron chi connectivity index (χ1n) is 5.79. The minimum absolute atomic E-state index is 0.132. The van der Waals surface area contributed by atoms with Crippen LogP contribution in [0.4, 0.5) is 0 Å². The lowest BCUT2D eigenvalue weighted by Crippen LogP contribution is -2.41. The largest absolute Gasteiger partial charge is 0.355 e. The zero-order valence-electron chi connectivity index (χ0n) is 9.82. The van der Waals surface area contributed by atoms with E-state index in [1.54, 1.807) is 0 Å². The van der Waals surface area contributed by atoms with Gasteiger partial charge in [0.2, 0.25) is 5.91 Å². The van der Waals surface area contributed by atoms with Crippen molar-refractivity contribution in [2.45, 2.75) is 26.3 Å². The summed E-state index contributed by atoms with van der Waals surface area (Å²) in [6.45, 7) is 6.36. The molecule has 2 heterocycles. The van der Waals surface area contributed by atoms with Gasteiger partial charge in [-0.3, -0.25) is 9.69 Å². The number of nitrogens with one attached hydrogen (secondary N) is 1. The van der Waals surface area contributed by atoms with E-state index in [0.29, 0.717) is 19.1 Å². The van der Waals surface area contributed by atoms with E-state index in [9.17, 15) is 4.79 Å². The van der Waals surface area contributed by atoms with E-state index in [1.165, 1.54) is 10.4 Å². The van der Waals surface area contributed by atoms with Crippen molar-refractivity contribution in [3.05, 3.63) is 21.9 Å². The number of carbonyl (C=O) groups excluding carboxylic acids is 1. The Balaban J connectivity index is 2.01. The molecule has 1 aromatic rings. The van der Waals surface area contributed by atoms with Crippen LogP contribution >= 0.6 is 11.3 Å². The zero-order valence-corrected chi connectivity index (χ0v) is 10.6. The molecule has 0 saturated heterocycles. The predicted octanol–water partition coefficient (Wildman–Crippen LogP) is 1.80. The molecule has 4 heteroatoms. The topological polar surface area (TPSA) is 32.3 Å². The number of carbonyl (C=O) groups is 1. The summed E-state index contributed by atoms with van der Waals surface area (Å²) in [5.74, 6) is 0.132. The standard InChI is InChI=1S/C12H18N2OS/c1-3-13-12(15)8-14-6-4-11-10(9(14)2)5-7-16-11/h5,7,9H,3-4,6,8H2,1-2H3,(H,13,15). The first-order chi connectivity index (χ1) is 7.72. The van der Waals surface area contributed by atoms with Crippen LogP contribution in [0.5, 0.6) is 0 Å². The second kappa shape index (κ2) is 4.97. The maximum absolute atomic E-state index is 11.6. The molecule has 88 valence electrons. The van der Waals surface area contributed by atoms with Gasteiger partial charge in [0.25, 0.3) is 0 Å². The minimum atomic E-state index is 0.132. The normalized spacial score (nSPS) is 20.5. The van der Waals surface area contributed by atoms with Gasteiger partial charge in [0.15, 0.2) is 0 Å². The quantitative estimate of drug-likeness (QED) is 0.871. The molecule has 0 spiro atoms. The second-order valence-corrected chi connectivity index (χ2v) is 5.15. The number of fused-ring (bicyclic) bond motifs is 1. The molecule has 0 radical (unpaired) electrons. The van der Waals surface area contributed by atoms with Crippen LogP contribution in [-0.2, 0) is 11.2 Å². The third-order valence-electron chi connectivity index (χ3n) is 3.12. The number of hydrogen-bond donors (Lipinski definition) is 1. The van der Waals surface area contributed by atoms with Crippen LogP contribution in [0.2, 0.25) is 0 Å². The summed E-state index contributed by atoms with van der Waals surface area (Å²) in [5, 5.41) is 5.00. The molecule has 1 atom stereocenters. The smallest absolute Gasteiger partial charge is 0.234 e. The average molecular weight is 238 g/mol. The van der Waals surface area contributed by atoms with Crippen molar-refractivity contribution in [3.8, 4) is 0 Å². The van der Waals surface area contributed by atoms with Gasteiger partial charge >= 0.3 is 0 Å². The van der Waals surface area contributed by atoms with Crippen LogP contribution in [0.15, 0.2) is 11.4 Å². The SMILES string of the molecule is CCNC(=O)CN1CCc2sccc2C1C. The molecule has 1 N–H and O–H groups in total. The van der Waals surface area contributed by atoms with Crippen LogP contribution in [-0.4, -0.2) is 30.4 Å². The Labute approximate surface area is 100 Å². The summed E-state index contributed by atoms with van der Waals surface area (Å²) in [6.07, 6.45) is 1.08. The third kappa shape index (κ3) is 2.28. The maximum Gasteiger partial charge on any atom is 0.234 e. The molecule has 0 fully saturated rings. The van der Waals surface area contributed by atoms with E-state index in [4.69, 9.17) is 0 Å². The van der Waals surface area contributed by atoms with E-state index in [2.05, 4.69) is 28.6 Å². The molecule has 1 unspecified atom stereocenters. The van der Waals surface area contributed by atoms with Crippen LogP contribution in [0.1, 0.15) is 30.3 Å². The van der Waals surface area contributed by atoms with Gasteiger partial charge in [-0.15, -0.1) is 11.3 Å². The van der Waals surface area contributed by atoms with E-state index in [-0.39, 0.29) is 5.91 Å². The fourth-order valence-corrected chi connectivity index (χ4v) is 3.18. The molecule has 16 heavy (non-hydrogen) atoms. The summed E-state index contributed by atoms with van der Waals surface area (Å²) in [7, 11) is 0. The predicted molar refractivity (Wildman–Crippen MR) is 66.7 cm³/mol. The van der Waals surface area contributed by atoms with Crippen LogP contribution in [0.25, 0.3) is 0 Å². The molecule has 2 rings (SSSR count). The summed E-state index contributed by atoms with van der Waals surface area (Å²) >= 11 is 1.83. The second-order valence-electron chi connectivity index (χ2n) is 4.15. The highest BCUT2D eigenvalue weighted by Gasteiger charge is 2.25. The molecule has 0 bridgehead atoms. The van der Waals surface area contributed by atoms with E-state index < -0.39 is 0 Å². The highest BCUT2D eigenvalue weighted by atomic mass is 32.1. The molecule has 0 aliphatic carbocycles. The highest BCUT2D eigenvalue weighted by Crippen LogP contribution is 2.32. The van der Waals surface area contributed by atoms with Crippen LogP contribution < -0.4 is 5.32 Å². The van der Waals surface area contributed by atoms with Gasteiger partial charge in [-0.25, -0.2) is 0 Å². The van der Waals surface area contributed by atoms with Crippen molar-refractivity contribution < 1.29 is 4.79 Å². The van der Waals surface area contributed by atoms with Crippen molar-refractivity contribution in [3.63, 3.8) is 0 Å². The molecule has 0 saturated carbocycles. The number of hydrogen-bond acceptors (Lipinski definition) is 3. The number of thiophene rings is 1. The summed E-state index contributed by atoms with van der Waals surface area (Å²) in [5.41, 5.74) is 1.40. The first-order valence-corrected chi connectivity index (χ1v) is 6.67. The van der Waals surface area contributed by atoms with Crippen molar-refractivity contribution >= 4 is 17.2 Å². The summed E-state index contributed by atoms with van der Waals surface area (Å²) in [4.78, 5) is 15.3. The van der Waals surface area contributed by atoms with E-state index in [0.717, 1.165) is 13.0 Å². The third-order valence-corrected chi connectivity index (χ3v) is 4.12. The monoisotopic (exact) mass is 238 g/mol. The maximum atomic E-state index is 11.6. The van der Waals surface area contributed by atoms with Gasteiger partial charge in [0.1, 0.15) is 0 Å². The number of nitrogens with zero attached hydrogens (tertiary/aromatic N) is 1. The molecular formula is C12H18N2OS. The molecule has 1 aromatic heterocycles. The number of amides is 1. The van der Waals surface area contributed by atoms with Gasteiger partial charge in [-0.05, 0) is 37.3 Å². The van der Waals surface area contributed by atoms with Crippen LogP contribution in [0, 0.1) is 0 Å². The Morgan fingerprint density at radius 1 is 1.69 bits per heavy atom. The Bertz CT molecular complexity index is 375. The lowest BCUT2D eigenvalue weighted by molar-refractivity contribution is -0.122. The van der Waals surface area contributed by atoms with Crippen molar-refractivity contribution in [2.24, 2.45) is 0 Å². The Morgan fingerprint density at radius 3 is 3.25 bits per heavy atom. The van der Waals surface area contributed by atoms with Crippen molar-refractivity contribution in [1.29, 1.82) is 0 Å².